The second-order valence-electron chi connectivity index (χ2n) is 8.43. The summed E-state index contributed by atoms with van der Waals surface area (Å²) in [7, 11) is 1.50. The lowest BCUT2D eigenvalue weighted by Gasteiger charge is -2.25. The topological polar surface area (TPSA) is 155 Å². The molecule has 0 bridgehead atoms. The zero-order valence-corrected chi connectivity index (χ0v) is 20.9. The molecule has 1 amide bonds. The molecule has 2 heterocycles. The minimum absolute atomic E-state index is 0.105. The van der Waals surface area contributed by atoms with Crippen molar-refractivity contribution in [3.8, 4) is 0 Å². The van der Waals surface area contributed by atoms with Crippen molar-refractivity contribution in [3.05, 3.63) is 58.1 Å². The molecular weight excluding hydrogens is 486 g/mol. The van der Waals surface area contributed by atoms with Crippen molar-refractivity contribution in [1.82, 2.24) is 9.55 Å². The number of aliphatic carboxylic acids is 1. The minimum Gasteiger partial charge on any atom is -0.481 e. The van der Waals surface area contributed by atoms with Crippen LogP contribution in [0.15, 0.2) is 41.3 Å². The molecule has 1 aromatic carbocycles. The van der Waals surface area contributed by atoms with Crippen LogP contribution >= 0.6 is 0 Å². The van der Waals surface area contributed by atoms with Gasteiger partial charge in [0.15, 0.2) is 12.3 Å². The Hall–Kier alpha value is -3.61. The quantitative estimate of drug-likeness (QED) is 0.315. The molecule has 37 heavy (non-hydrogen) atoms. The average molecular weight is 518 g/mol. The molecule has 0 aliphatic carbocycles. The van der Waals surface area contributed by atoms with Gasteiger partial charge in [-0.2, -0.15) is 4.98 Å². The molecule has 0 saturated carbocycles. The Morgan fingerprint density at radius 1 is 1.14 bits per heavy atom. The van der Waals surface area contributed by atoms with E-state index >= 15 is 0 Å². The van der Waals surface area contributed by atoms with Gasteiger partial charge in [-0.1, -0.05) is 25.1 Å². The third-order valence-corrected chi connectivity index (χ3v) is 5.77. The largest absolute Gasteiger partial charge is 0.481 e. The van der Waals surface area contributed by atoms with Crippen LogP contribution in [0.5, 0.6) is 0 Å². The van der Waals surface area contributed by atoms with Crippen LogP contribution in [0.1, 0.15) is 48.3 Å². The Labute approximate surface area is 213 Å². The van der Waals surface area contributed by atoms with E-state index in [1.165, 1.54) is 17.9 Å². The van der Waals surface area contributed by atoms with Crippen molar-refractivity contribution in [3.63, 3.8) is 0 Å². The highest BCUT2D eigenvalue weighted by Crippen LogP contribution is 2.35. The second-order valence-corrected chi connectivity index (χ2v) is 8.43. The van der Waals surface area contributed by atoms with Crippen molar-refractivity contribution in [2.75, 3.05) is 25.6 Å². The molecule has 1 aliphatic rings. The summed E-state index contributed by atoms with van der Waals surface area (Å²) in [4.78, 5) is 52.8. The van der Waals surface area contributed by atoms with Crippen LogP contribution in [0.4, 0.5) is 5.82 Å². The van der Waals surface area contributed by atoms with Gasteiger partial charge in [0.25, 0.3) is 5.91 Å². The molecular formula is C25H31N3O9. The average Bonchev–Trinajstić information content (AvgIpc) is 3.22. The van der Waals surface area contributed by atoms with E-state index in [1.807, 2.05) is 6.92 Å². The van der Waals surface area contributed by atoms with E-state index in [0.717, 1.165) is 0 Å². The van der Waals surface area contributed by atoms with Crippen LogP contribution < -0.4 is 11.0 Å². The number of hydrogen-bond acceptors (Lipinski definition) is 9. The van der Waals surface area contributed by atoms with Gasteiger partial charge in [-0.25, -0.2) is 4.79 Å². The van der Waals surface area contributed by atoms with Gasteiger partial charge in [-0.15, -0.1) is 0 Å². The maximum atomic E-state index is 13.0. The highest BCUT2D eigenvalue weighted by Gasteiger charge is 2.48. The Morgan fingerprint density at radius 2 is 1.86 bits per heavy atom. The number of ether oxygens (including phenoxy) is 4. The standard InChI is InChI=1S/C25H31N3O9/c1-4-17-20(37-19(31)11-10-18(29)30)21(35-13-12-34-3)24(36-17)28-14-15(2)22(27-25(28)33)26-23(32)16-8-6-5-7-9-16/h5-9,14,17,20-21,24H,4,10-13H2,1-3H3,(H,29,30)(H,26,27,32,33)/t17-,20+,21?,24-/m1/s1. The maximum Gasteiger partial charge on any atom is 0.351 e. The number of carbonyl (C=O) groups excluding carboxylic acids is 2. The first-order chi connectivity index (χ1) is 17.7. The van der Waals surface area contributed by atoms with Crippen molar-refractivity contribution in [2.45, 2.75) is 57.6 Å². The molecule has 12 heteroatoms. The molecule has 1 fully saturated rings. The summed E-state index contributed by atoms with van der Waals surface area (Å²) in [5, 5.41) is 11.5. The number of hydrogen-bond donors (Lipinski definition) is 2. The number of aryl methyl sites for hydroxylation is 1. The second kappa shape index (κ2) is 13.1. The lowest BCUT2D eigenvalue weighted by atomic mass is 10.1. The lowest BCUT2D eigenvalue weighted by molar-refractivity contribution is -0.160. The molecule has 200 valence electrons. The lowest BCUT2D eigenvalue weighted by Crippen LogP contribution is -2.41. The van der Waals surface area contributed by atoms with Crippen LogP contribution in [0.3, 0.4) is 0 Å². The van der Waals surface area contributed by atoms with E-state index in [4.69, 9.17) is 24.1 Å². The number of rotatable bonds is 12. The number of aromatic nitrogens is 2. The fourth-order valence-corrected chi connectivity index (χ4v) is 3.91. The van der Waals surface area contributed by atoms with E-state index in [0.29, 0.717) is 17.5 Å². The Kier molecular flexibility index (Phi) is 9.89. The van der Waals surface area contributed by atoms with Gasteiger partial charge in [0.05, 0.1) is 32.2 Å². The number of benzene rings is 1. The van der Waals surface area contributed by atoms with Gasteiger partial charge >= 0.3 is 17.6 Å². The third-order valence-electron chi connectivity index (χ3n) is 5.77. The van der Waals surface area contributed by atoms with Gasteiger partial charge in [-0.05, 0) is 25.5 Å². The fraction of sp³-hybridized carbons (Fsp3) is 0.480. The monoisotopic (exact) mass is 517 g/mol. The molecule has 1 unspecified atom stereocenters. The summed E-state index contributed by atoms with van der Waals surface area (Å²) in [6, 6.07) is 8.52. The molecule has 2 aromatic rings. The molecule has 1 saturated heterocycles. The first-order valence-electron chi connectivity index (χ1n) is 11.9. The number of carboxylic acid groups (broad SMARTS) is 1. The SMILES string of the molecule is CC[C@H]1O[C@@H](n2cc(C)c(NC(=O)c3ccccc3)nc2=O)C(OCCOC)[C@H]1OC(=O)CCC(=O)O. The highest BCUT2D eigenvalue weighted by atomic mass is 16.6. The normalized spacial score (nSPS) is 20.9. The molecule has 4 atom stereocenters. The summed E-state index contributed by atoms with van der Waals surface area (Å²) >= 11 is 0. The number of esters is 1. The van der Waals surface area contributed by atoms with E-state index in [2.05, 4.69) is 10.3 Å². The number of nitrogens with zero attached hydrogens (tertiary/aromatic N) is 2. The Morgan fingerprint density at radius 3 is 2.51 bits per heavy atom. The number of amides is 1. The number of nitrogens with one attached hydrogen (secondary N) is 1. The van der Waals surface area contributed by atoms with Crippen molar-refractivity contribution < 1.29 is 38.4 Å². The summed E-state index contributed by atoms with van der Waals surface area (Å²) in [5.74, 6) is -2.14. The van der Waals surface area contributed by atoms with E-state index in [9.17, 15) is 19.2 Å². The van der Waals surface area contributed by atoms with Gasteiger partial charge in [0, 0.05) is 24.4 Å². The van der Waals surface area contributed by atoms with Gasteiger partial charge in [0.2, 0.25) is 0 Å². The zero-order valence-electron chi connectivity index (χ0n) is 20.9. The fourth-order valence-electron chi connectivity index (χ4n) is 3.91. The third kappa shape index (κ3) is 7.21. The molecule has 1 aromatic heterocycles. The van der Waals surface area contributed by atoms with Crippen LogP contribution in [-0.4, -0.2) is 71.1 Å². The first kappa shape index (κ1) is 28.0. The zero-order chi connectivity index (χ0) is 26.9. The Balaban J connectivity index is 1.86. The van der Waals surface area contributed by atoms with Crippen LogP contribution in [-0.2, 0) is 28.5 Å². The summed E-state index contributed by atoms with van der Waals surface area (Å²) in [5.41, 5.74) is 0.210. The van der Waals surface area contributed by atoms with Crippen molar-refractivity contribution >= 4 is 23.7 Å². The molecule has 12 nitrogen and oxygen atoms in total. The van der Waals surface area contributed by atoms with E-state index < -0.39 is 48.1 Å². The summed E-state index contributed by atoms with van der Waals surface area (Å²) in [6.45, 7) is 3.88. The van der Waals surface area contributed by atoms with Crippen LogP contribution in [0.25, 0.3) is 0 Å². The number of anilines is 1. The Bertz CT molecular complexity index is 1150. The predicted molar refractivity (Wildman–Crippen MR) is 130 cm³/mol. The summed E-state index contributed by atoms with van der Waals surface area (Å²) < 4.78 is 23.9. The van der Waals surface area contributed by atoms with E-state index in [-0.39, 0.29) is 31.9 Å². The molecule has 0 radical (unpaired) electrons. The molecule has 3 rings (SSSR count). The number of carbonyl (C=O) groups is 3. The molecule has 0 spiro atoms. The minimum atomic E-state index is -1.12. The van der Waals surface area contributed by atoms with Crippen LogP contribution in [0, 0.1) is 6.92 Å². The van der Waals surface area contributed by atoms with Crippen LogP contribution in [0.2, 0.25) is 0 Å². The van der Waals surface area contributed by atoms with Gasteiger partial charge in [-0.3, -0.25) is 19.0 Å². The predicted octanol–water partition coefficient (Wildman–Crippen LogP) is 1.92. The van der Waals surface area contributed by atoms with Gasteiger partial charge in [0.1, 0.15) is 11.9 Å². The highest BCUT2D eigenvalue weighted by molar-refractivity contribution is 6.04. The van der Waals surface area contributed by atoms with Crippen molar-refractivity contribution in [1.29, 1.82) is 0 Å². The van der Waals surface area contributed by atoms with Gasteiger partial charge < -0.3 is 29.4 Å². The number of carboxylic acids is 1. The van der Waals surface area contributed by atoms with E-state index in [1.54, 1.807) is 37.3 Å². The summed E-state index contributed by atoms with van der Waals surface area (Å²) in [6.07, 6.45) is -2.14. The number of methoxy groups -OCH3 is 1. The first-order valence-corrected chi connectivity index (χ1v) is 11.9. The molecule has 1 aliphatic heterocycles. The smallest absolute Gasteiger partial charge is 0.351 e. The molecule has 2 N–H and O–H groups in total. The van der Waals surface area contributed by atoms with Crippen molar-refractivity contribution in [2.24, 2.45) is 0 Å². The maximum absolute atomic E-state index is 13.0.